The number of thiazole rings is 1. The Bertz CT molecular complexity index is 1500. The van der Waals surface area contributed by atoms with Gasteiger partial charge in [-0.25, -0.2) is 19.1 Å². The van der Waals surface area contributed by atoms with Crippen molar-refractivity contribution in [2.75, 3.05) is 22.6 Å². The summed E-state index contributed by atoms with van der Waals surface area (Å²) in [6.07, 6.45) is 2.61. The molecular weight excluding hydrogens is 615 g/mol. The highest BCUT2D eigenvalue weighted by molar-refractivity contribution is 8.17. The first-order chi connectivity index (χ1) is 19.5. The lowest BCUT2D eigenvalue weighted by molar-refractivity contribution is -0.673. The second kappa shape index (κ2) is 11.8. The normalized spacial score (nSPS) is 22.3. The number of aromatic nitrogens is 2. The van der Waals surface area contributed by atoms with Crippen LogP contribution in [-0.2, 0) is 31.1 Å². The van der Waals surface area contributed by atoms with Crippen LogP contribution in [0, 0.1) is 0 Å². The number of anilines is 2. The predicted molar refractivity (Wildman–Crippen MR) is 154 cm³/mol. The number of nitrogens with zero attached hydrogens (tertiary/aromatic N) is 4. The number of nitrogen functional groups attached to an aromatic ring is 1. The van der Waals surface area contributed by atoms with E-state index in [9.17, 15) is 24.3 Å². The third-order valence-corrected chi connectivity index (χ3v) is 10.7. The van der Waals surface area contributed by atoms with E-state index in [0.29, 0.717) is 17.1 Å². The van der Waals surface area contributed by atoms with Crippen molar-refractivity contribution >= 4 is 86.9 Å². The summed E-state index contributed by atoms with van der Waals surface area (Å²) in [5.41, 5.74) is 6.90. The second-order valence-electron chi connectivity index (χ2n) is 9.01. The van der Waals surface area contributed by atoms with E-state index >= 15 is 0 Å². The highest BCUT2D eigenvalue weighted by atomic mass is 32.2. The lowest BCUT2D eigenvalue weighted by Gasteiger charge is -2.49. The molecule has 3 aliphatic heterocycles. The summed E-state index contributed by atoms with van der Waals surface area (Å²) in [6, 6.07) is 0.952. The fraction of sp³-hybridized carbons (Fsp3) is 0.348. The number of nitrogens with two attached hydrogens (primary N) is 1. The second-order valence-corrected chi connectivity index (χ2v) is 13.5. The lowest BCUT2D eigenvalue weighted by atomic mass is 10.0. The zero-order valence-electron chi connectivity index (χ0n) is 21.5. The van der Waals surface area contributed by atoms with Crippen LogP contribution in [0.4, 0.5) is 10.8 Å². The molecule has 4 atom stereocenters. The van der Waals surface area contributed by atoms with Gasteiger partial charge >= 0.3 is 11.9 Å². The minimum Gasteiger partial charge on any atom is -0.478 e. The van der Waals surface area contributed by atoms with Crippen LogP contribution in [0.25, 0.3) is 0 Å². The smallest absolute Gasteiger partial charge is 0.352 e. The van der Waals surface area contributed by atoms with Crippen molar-refractivity contribution < 1.29 is 38.8 Å². The Kier molecular flexibility index (Phi) is 8.35. The molecule has 18 heteroatoms. The molecule has 216 valence electrons. The number of aliphatic carboxylic acids is 2. The molecule has 5 heterocycles. The number of thioether (sulfide) groups is 3. The maximum absolute atomic E-state index is 13.1. The molecule has 5 rings (SSSR count). The van der Waals surface area contributed by atoms with Gasteiger partial charge in [0.05, 0.1) is 10.6 Å². The average molecular weight is 639 g/mol. The first-order valence-corrected chi connectivity index (χ1v) is 15.8. The van der Waals surface area contributed by atoms with Crippen molar-refractivity contribution in [2.45, 2.75) is 34.0 Å². The van der Waals surface area contributed by atoms with Gasteiger partial charge in [-0.05, 0) is 12.5 Å². The number of oxime groups is 1. The number of carboxylic acids is 2. The zero-order valence-corrected chi connectivity index (χ0v) is 24.7. The van der Waals surface area contributed by atoms with E-state index in [-0.39, 0.29) is 26.9 Å². The maximum Gasteiger partial charge on any atom is 0.352 e. The van der Waals surface area contributed by atoms with Crippen molar-refractivity contribution in [2.24, 2.45) is 12.2 Å². The number of hydrogen-bond donors (Lipinski definition) is 5. The van der Waals surface area contributed by atoms with Gasteiger partial charge in [0.2, 0.25) is 6.10 Å². The van der Waals surface area contributed by atoms with Gasteiger partial charge < -0.3 is 31.4 Å². The number of aryl methyl sites for hydroxylation is 1. The Morgan fingerprint density at radius 1 is 1.41 bits per heavy atom. The summed E-state index contributed by atoms with van der Waals surface area (Å²) in [7, 11) is 1.94. The van der Waals surface area contributed by atoms with Gasteiger partial charge in [-0.1, -0.05) is 16.9 Å². The van der Waals surface area contributed by atoms with E-state index in [1.54, 1.807) is 23.5 Å². The maximum atomic E-state index is 13.1. The first-order valence-electron chi connectivity index (χ1n) is 12.0. The number of carboxylic acid groups (broad SMARTS) is 2. The van der Waals surface area contributed by atoms with Gasteiger partial charge in [-0.3, -0.25) is 14.5 Å². The number of nitrogens with one attached hydrogen (secondary N) is 2. The third kappa shape index (κ3) is 5.95. The summed E-state index contributed by atoms with van der Waals surface area (Å²) in [6.45, 7) is 1.23. The van der Waals surface area contributed by atoms with Crippen LogP contribution in [0.3, 0.4) is 0 Å². The molecule has 0 aliphatic carbocycles. The summed E-state index contributed by atoms with van der Waals surface area (Å²) in [5.74, 6) is -3.18. The molecule has 1 fully saturated rings. The molecule has 2 unspecified atom stereocenters. The van der Waals surface area contributed by atoms with E-state index in [1.807, 2.05) is 30.1 Å². The number of fused-ring (bicyclic) bond motifs is 2. The van der Waals surface area contributed by atoms with Gasteiger partial charge in [-0.15, -0.1) is 34.9 Å². The number of hydrogen-bond acceptors (Lipinski definition) is 13. The standard InChI is InChI=1S/C23H23N7O7S4/c1-9(20(33)34)37-28-14(12-8-39-22(24)25-12)17(31)27-15-18(32)30-16(21(35)36)10(6-38-19(15)30)7-40-23-26-11-3-4-29(2)5-13(11)41-23/h3-5,8-9,15,19,23H,6-7H2,1-2H3,(H5,24,25,27,31,33,34,35,36)/p+1/b28-14-/t9-,15?,19+,23?/m0/s1. The van der Waals surface area contributed by atoms with Crippen molar-refractivity contribution in [3.8, 4) is 0 Å². The van der Waals surface area contributed by atoms with E-state index in [2.05, 4.69) is 20.8 Å². The zero-order chi connectivity index (χ0) is 29.4. The van der Waals surface area contributed by atoms with E-state index in [0.717, 1.165) is 21.9 Å². The van der Waals surface area contributed by atoms with Crippen molar-refractivity contribution in [3.05, 3.63) is 40.8 Å². The van der Waals surface area contributed by atoms with E-state index in [4.69, 9.17) is 15.7 Å². The molecule has 1 saturated heterocycles. The van der Waals surface area contributed by atoms with E-state index < -0.39 is 41.3 Å². The minimum absolute atomic E-state index is 0.0136. The molecule has 0 saturated carbocycles. The number of amides is 2. The number of carbonyl (C=O) groups is 4. The van der Waals surface area contributed by atoms with E-state index in [1.165, 1.54) is 29.0 Å². The van der Waals surface area contributed by atoms with Crippen LogP contribution in [0.1, 0.15) is 12.6 Å². The molecule has 2 aromatic rings. The molecule has 6 N–H and O–H groups in total. The average Bonchev–Trinajstić information content (AvgIpc) is 3.54. The highest BCUT2D eigenvalue weighted by Gasteiger charge is 2.54. The van der Waals surface area contributed by atoms with Crippen molar-refractivity contribution in [3.63, 3.8) is 0 Å². The minimum atomic E-state index is -1.35. The fourth-order valence-corrected chi connectivity index (χ4v) is 8.60. The highest BCUT2D eigenvalue weighted by Crippen LogP contribution is 2.45. The first kappa shape index (κ1) is 29.0. The van der Waals surface area contributed by atoms with Crippen molar-refractivity contribution in [1.29, 1.82) is 0 Å². The Balaban J connectivity index is 1.27. The molecule has 0 spiro atoms. The monoisotopic (exact) mass is 638 g/mol. The molecular formula is C23H24N7O7S4+. The largest absolute Gasteiger partial charge is 0.478 e. The van der Waals surface area contributed by atoms with Gasteiger partial charge in [0, 0.05) is 23.0 Å². The molecule has 2 amide bonds. The summed E-state index contributed by atoms with van der Waals surface area (Å²) < 4.78 is 1.94. The number of pyridine rings is 1. The van der Waals surface area contributed by atoms with Crippen LogP contribution in [0.15, 0.2) is 45.2 Å². The Labute approximate surface area is 249 Å². The third-order valence-electron chi connectivity index (χ3n) is 6.14. The van der Waals surface area contributed by atoms with Crippen LogP contribution in [0.2, 0.25) is 0 Å². The Morgan fingerprint density at radius 2 is 2.20 bits per heavy atom. The molecule has 0 radical (unpaired) electrons. The summed E-state index contributed by atoms with van der Waals surface area (Å²) >= 11 is 5.56. The molecule has 2 aromatic heterocycles. The Hall–Kier alpha value is -3.48. The summed E-state index contributed by atoms with van der Waals surface area (Å²) in [4.78, 5) is 60.9. The van der Waals surface area contributed by atoms with Crippen molar-refractivity contribution in [1.82, 2.24) is 15.2 Å². The molecule has 0 bridgehead atoms. The van der Waals surface area contributed by atoms with Gasteiger partial charge in [0.25, 0.3) is 11.8 Å². The van der Waals surface area contributed by atoms with Crippen LogP contribution in [0.5, 0.6) is 0 Å². The molecule has 41 heavy (non-hydrogen) atoms. The number of carbonyl (C=O) groups excluding carboxylic acids is 2. The van der Waals surface area contributed by atoms with Gasteiger partial charge in [-0.2, -0.15) is 0 Å². The Morgan fingerprint density at radius 3 is 2.88 bits per heavy atom. The predicted octanol–water partition coefficient (Wildman–Crippen LogP) is 0.717. The lowest BCUT2D eigenvalue weighted by Crippen LogP contribution is -2.71. The van der Waals surface area contributed by atoms with Crippen LogP contribution >= 0.6 is 46.6 Å². The van der Waals surface area contributed by atoms with Crippen LogP contribution in [-0.4, -0.2) is 83.3 Å². The fourth-order valence-electron chi connectivity index (χ4n) is 4.09. The topological polar surface area (TPSA) is 200 Å². The number of rotatable bonds is 10. The SMILES string of the molecule is C[C@H](O/N=C(\C(=O)NC1C(=O)N2C(C(=O)O)=C(CSC3Nc4cc[n+](C)cc4S3)CS[C@H]12)c1csc(N)n1)C(=O)O. The quantitative estimate of drug-likeness (QED) is 0.106. The van der Waals surface area contributed by atoms with Crippen LogP contribution < -0.4 is 20.9 Å². The molecule has 14 nitrogen and oxygen atoms in total. The summed E-state index contributed by atoms with van der Waals surface area (Å²) in [5, 5.41) is 29.7. The molecule has 0 aromatic carbocycles. The molecule has 3 aliphatic rings. The van der Waals surface area contributed by atoms with Gasteiger partial charge in [0.1, 0.15) is 34.6 Å². The number of β-lactam (4-membered cyclic amide) rings is 1. The van der Waals surface area contributed by atoms with Gasteiger partial charge in [0.15, 0.2) is 23.2 Å².